The number of carbonyl (C=O) groups is 1. The van der Waals surface area contributed by atoms with Crippen LogP contribution in [0.2, 0.25) is 0 Å². The van der Waals surface area contributed by atoms with Crippen molar-refractivity contribution in [2.24, 2.45) is 0 Å². The third kappa shape index (κ3) is 3.57. The number of carbonyl (C=O) groups excluding carboxylic acids is 1. The summed E-state index contributed by atoms with van der Waals surface area (Å²) in [4.78, 5) is 44.0. The molecule has 9 heteroatoms. The number of hydrogen-bond acceptors (Lipinski definition) is 7. The molecular weight excluding hydrogens is 392 g/mol. The Labute approximate surface area is 171 Å². The molecule has 1 aromatic carbocycles. The van der Waals surface area contributed by atoms with Crippen molar-refractivity contribution in [2.45, 2.75) is 49.4 Å². The number of nitrogens with zero attached hydrogens (tertiary/aromatic N) is 2. The summed E-state index contributed by atoms with van der Waals surface area (Å²) in [7, 11) is 0. The first-order valence-corrected chi connectivity index (χ1v) is 10.3. The van der Waals surface area contributed by atoms with E-state index in [0.717, 1.165) is 12.1 Å². The van der Waals surface area contributed by atoms with Crippen molar-refractivity contribution in [3.8, 4) is 0 Å². The van der Waals surface area contributed by atoms with Crippen LogP contribution in [-0.4, -0.2) is 25.9 Å². The van der Waals surface area contributed by atoms with Crippen LogP contribution < -0.4 is 10.9 Å². The quantitative estimate of drug-likeness (QED) is 0.340. The number of nitro benzene ring substituents is 1. The van der Waals surface area contributed by atoms with Crippen LogP contribution in [0.5, 0.6) is 0 Å². The van der Waals surface area contributed by atoms with E-state index in [0.29, 0.717) is 40.5 Å². The maximum Gasteiger partial charge on any atom is 0.269 e. The van der Waals surface area contributed by atoms with E-state index < -0.39 is 10.8 Å². The number of aromatic amines is 1. The molecule has 0 bridgehead atoms. The van der Waals surface area contributed by atoms with Crippen molar-refractivity contribution in [1.82, 2.24) is 9.97 Å². The molecule has 0 saturated heterocycles. The summed E-state index contributed by atoms with van der Waals surface area (Å²) in [5.41, 5.74) is 1.72. The van der Waals surface area contributed by atoms with Gasteiger partial charge >= 0.3 is 0 Å². The summed E-state index contributed by atoms with van der Waals surface area (Å²) in [5, 5.41) is 15.2. The third-order valence-electron chi connectivity index (χ3n) is 5.00. The van der Waals surface area contributed by atoms with E-state index in [-0.39, 0.29) is 22.3 Å². The number of anilines is 1. The Morgan fingerprint density at radius 3 is 2.79 bits per heavy atom. The molecule has 0 saturated carbocycles. The van der Waals surface area contributed by atoms with Crippen LogP contribution in [0.15, 0.2) is 45.5 Å². The molecular formula is C20H20N4O4S. The molecule has 0 spiro atoms. The molecule has 2 aromatic rings. The lowest BCUT2D eigenvalue weighted by molar-refractivity contribution is -0.384. The lowest BCUT2D eigenvalue weighted by atomic mass is 9.76. The maximum atomic E-state index is 13.0. The largest absolute Gasteiger partial charge is 0.343 e. The fraction of sp³-hybridized carbons (Fsp3) is 0.350. The fourth-order valence-corrected chi connectivity index (χ4v) is 4.61. The van der Waals surface area contributed by atoms with Crippen molar-refractivity contribution in [2.75, 3.05) is 5.32 Å². The molecule has 4 rings (SSSR count). The zero-order valence-corrected chi connectivity index (χ0v) is 16.8. The summed E-state index contributed by atoms with van der Waals surface area (Å²) < 4.78 is 0. The molecule has 0 amide bonds. The van der Waals surface area contributed by atoms with Gasteiger partial charge in [-0.1, -0.05) is 37.7 Å². The minimum atomic E-state index is -0.678. The minimum absolute atomic E-state index is 0.0408. The van der Waals surface area contributed by atoms with Gasteiger partial charge in [-0.15, -0.1) is 0 Å². The van der Waals surface area contributed by atoms with Crippen LogP contribution in [0.25, 0.3) is 0 Å². The number of nitro groups is 1. The molecule has 0 radical (unpaired) electrons. The van der Waals surface area contributed by atoms with Crippen LogP contribution in [-0.2, 0) is 4.79 Å². The van der Waals surface area contributed by atoms with E-state index in [1.807, 2.05) is 13.8 Å². The van der Waals surface area contributed by atoms with Crippen LogP contribution >= 0.6 is 11.8 Å². The van der Waals surface area contributed by atoms with Crippen molar-refractivity contribution >= 4 is 29.1 Å². The highest BCUT2D eigenvalue weighted by molar-refractivity contribution is 7.99. The van der Waals surface area contributed by atoms with E-state index in [9.17, 15) is 19.7 Å². The summed E-state index contributed by atoms with van der Waals surface area (Å²) in [6, 6.07) is 6.12. The first kappa shape index (κ1) is 19.4. The van der Waals surface area contributed by atoms with Crippen LogP contribution in [0.1, 0.15) is 50.2 Å². The SMILES string of the molecule is CC(C)Sc1nc2c(c(=O)[nH]1)C(c1cccc([N+](=O)[O-])c1)C1=C(CCCC1=O)N2. The Bertz CT molecular complexity index is 1110. The number of ketones is 1. The Morgan fingerprint density at radius 1 is 1.28 bits per heavy atom. The molecule has 0 fully saturated rings. The van der Waals surface area contributed by atoms with E-state index in [1.165, 1.54) is 23.9 Å². The Hall–Kier alpha value is -2.94. The van der Waals surface area contributed by atoms with Crippen LogP contribution in [0.4, 0.5) is 11.5 Å². The van der Waals surface area contributed by atoms with Crippen molar-refractivity contribution in [3.05, 3.63) is 67.1 Å². The maximum absolute atomic E-state index is 13.0. The van der Waals surface area contributed by atoms with Gasteiger partial charge in [0.15, 0.2) is 10.9 Å². The second kappa shape index (κ2) is 7.47. The number of rotatable bonds is 4. The predicted molar refractivity (Wildman–Crippen MR) is 110 cm³/mol. The third-order valence-corrected chi connectivity index (χ3v) is 5.89. The standard InChI is InChI=1S/C20H20N4O4S/c1-10(2)29-20-22-18-17(19(26)23-20)15(11-5-3-6-12(9-11)24(27)28)16-13(21-18)7-4-8-14(16)25/h3,5-6,9-10,15H,4,7-8H2,1-2H3,(H2,21,22,23,26). The van der Waals surface area contributed by atoms with E-state index in [2.05, 4.69) is 15.3 Å². The first-order valence-electron chi connectivity index (χ1n) is 9.43. The average molecular weight is 412 g/mol. The minimum Gasteiger partial charge on any atom is -0.343 e. The zero-order valence-electron chi connectivity index (χ0n) is 16.0. The van der Waals surface area contributed by atoms with Gasteiger partial charge in [0, 0.05) is 41.0 Å². The number of benzene rings is 1. The first-order chi connectivity index (χ1) is 13.8. The molecule has 2 heterocycles. The van der Waals surface area contributed by atoms with Gasteiger partial charge in [0.25, 0.3) is 11.2 Å². The second-order valence-electron chi connectivity index (χ2n) is 7.38. The fourth-order valence-electron chi connectivity index (χ4n) is 3.87. The number of Topliss-reactive ketones (excluding diaryl/α,β-unsaturated/α-hetero) is 1. The highest BCUT2D eigenvalue weighted by Crippen LogP contribution is 2.44. The second-order valence-corrected chi connectivity index (χ2v) is 8.94. The van der Waals surface area contributed by atoms with Crippen molar-refractivity contribution in [3.63, 3.8) is 0 Å². The molecule has 1 aromatic heterocycles. The Morgan fingerprint density at radius 2 is 2.07 bits per heavy atom. The summed E-state index contributed by atoms with van der Waals surface area (Å²) in [6.45, 7) is 4.01. The van der Waals surface area contributed by atoms with Gasteiger partial charge in [-0.2, -0.15) is 0 Å². The Balaban J connectivity index is 1.94. The molecule has 1 atom stereocenters. The number of allylic oxidation sites excluding steroid dienone is 2. The van der Waals surface area contributed by atoms with Crippen LogP contribution in [0, 0.1) is 10.1 Å². The molecule has 1 unspecified atom stereocenters. The zero-order chi connectivity index (χ0) is 20.7. The lowest BCUT2D eigenvalue weighted by Gasteiger charge is -2.32. The highest BCUT2D eigenvalue weighted by Gasteiger charge is 2.38. The smallest absolute Gasteiger partial charge is 0.269 e. The van der Waals surface area contributed by atoms with Crippen molar-refractivity contribution in [1.29, 1.82) is 0 Å². The topological polar surface area (TPSA) is 118 Å². The molecule has 2 aliphatic rings. The highest BCUT2D eigenvalue weighted by atomic mass is 32.2. The number of hydrogen-bond donors (Lipinski definition) is 2. The van der Waals surface area contributed by atoms with E-state index >= 15 is 0 Å². The van der Waals surface area contributed by atoms with Gasteiger partial charge in [0.2, 0.25) is 0 Å². The molecule has 2 N–H and O–H groups in total. The molecule has 1 aliphatic heterocycles. The molecule has 8 nitrogen and oxygen atoms in total. The number of non-ortho nitro benzene ring substituents is 1. The van der Waals surface area contributed by atoms with E-state index in [4.69, 9.17) is 0 Å². The monoisotopic (exact) mass is 412 g/mol. The predicted octanol–water partition coefficient (Wildman–Crippen LogP) is 3.74. The normalized spacial score (nSPS) is 18.3. The number of fused-ring (bicyclic) bond motifs is 1. The van der Waals surface area contributed by atoms with Gasteiger partial charge in [-0.3, -0.25) is 19.7 Å². The van der Waals surface area contributed by atoms with Gasteiger partial charge in [-0.25, -0.2) is 4.98 Å². The number of H-pyrrole nitrogens is 1. The van der Waals surface area contributed by atoms with Gasteiger partial charge in [0.05, 0.1) is 10.5 Å². The van der Waals surface area contributed by atoms with Crippen LogP contribution in [0.3, 0.4) is 0 Å². The van der Waals surface area contributed by atoms with Crippen molar-refractivity contribution < 1.29 is 9.72 Å². The lowest BCUT2D eigenvalue weighted by Crippen LogP contribution is -2.32. The van der Waals surface area contributed by atoms with Gasteiger partial charge in [-0.05, 0) is 18.4 Å². The number of aromatic nitrogens is 2. The molecule has 150 valence electrons. The number of nitrogens with one attached hydrogen (secondary N) is 2. The molecule has 1 aliphatic carbocycles. The van der Waals surface area contributed by atoms with Gasteiger partial charge in [0.1, 0.15) is 5.82 Å². The average Bonchev–Trinajstić information content (AvgIpc) is 2.66. The van der Waals surface area contributed by atoms with E-state index in [1.54, 1.807) is 12.1 Å². The Kier molecular flexibility index (Phi) is 4.99. The summed E-state index contributed by atoms with van der Waals surface area (Å²) in [6.07, 6.45) is 1.79. The summed E-state index contributed by atoms with van der Waals surface area (Å²) >= 11 is 1.44. The van der Waals surface area contributed by atoms with Gasteiger partial charge < -0.3 is 10.3 Å². The summed E-state index contributed by atoms with van der Waals surface area (Å²) in [5.74, 6) is -0.300. The molecule has 29 heavy (non-hydrogen) atoms. The number of thioether (sulfide) groups is 1.